The molecule has 0 aliphatic carbocycles. The minimum absolute atomic E-state index is 0.0136. The van der Waals surface area contributed by atoms with Gasteiger partial charge in [-0.15, -0.1) is 0 Å². The molecule has 2 aliphatic rings. The maximum atomic E-state index is 13.4. The highest BCUT2D eigenvalue weighted by atomic mass is 16.5. The number of benzene rings is 3. The molecule has 3 atom stereocenters. The SMILES string of the molecule is CC(OCc1ccccc1)N1CC(c2ccc(C#Cc3ccc(CNC4CCOC4)cc3)cc2)N(C(C)C)C1=O. The molecule has 5 rings (SSSR count). The van der Waals surface area contributed by atoms with Crippen molar-refractivity contribution in [1.82, 2.24) is 15.1 Å². The second-order valence-electron chi connectivity index (χ2n) is 10.9. The predicted molar refractivity (Wildman–Crippen MR) is 157 cm³/mol. The fourth-order valence-corrected chi connectivity index (χ4v) is 5.26. The van der Waals surface area contributed by atoms with E-state index in [1.54, 1.807) is 0 Å². The van der Waals surface area contributed by atoms with Gasteiger partial charge in [-0.05, 0) is 68.1 Å². The van der Waals surface area contributed by atoms with Gasteiger partial charge in [-0.2, -0.15) is 0 Å². The lowest BCUT2D eigenvalue weighted by molar-refractivity contribution is -0.0292. The van der Waals surface area contributed by atoms with Crippen LogP contribution in [-0.2, 0) is 22.6 Å². The lowest BCUT2D eigenvalue weighted by Crippen LogP contribution is -2.41. The summed E-state index contributed by atoms with van der Waals surface area (Å²) in [5, 5.41) is 3.54. The second-order valence-corrected chi connectivity index (χ2v) is 10.9. The van der Waals surface area contributed by atoms with Crippen molar-refractivity contribution in [1.29, 1.82) is 0 Å². The van der Waals surface area contributed by atoms with Crippen molar-refractivity contribution in [2.45, 2.75) is 64.7 Å². The number of nitrogens with one attached hydrogen (secondary N) is 1. The molecular weight excluding hydrogens is 498 g/mol. The molecule has 1 N–H and O–H groups in total. The Balaban J connectivity index is 1.20. The third-order valence-electron chi connectivity index (χ3n) is 7.63. The van der Waals surface area contributed by atoms with Gasteiger partial charge < -0.3 is 19.7 Å². The zero-order valence-corrected chi connectivity index (χ0v) is 23.7. The molecule has 0 radical (unpaired) electrons. The Hall–Kier alpha value is -3.63. The number of carbonyl (C=O) groups excluding carboxylic acids is 1. The van der Waals surface area contributed by atoms with E-state index in [2.05, 4.69) is 67.4 Å². The molecule has 6 nitrogen and oxygen atoms in total. The first-order chi connectivity index (χ1) is 19.5. The standard InChI is InChI=1S/C34H39N3O3/c1-25(2)37-33(22-36(34(37)38)26(3)40-23-30-7-5-4-6-8-30)31-17-15-28(16-18-31)10-9-27-11-13-29(14-12-27)21-35-32-19-20-39-24-32/h4-8,11-18,25-26,32-33,35H,19-24H2,1-3H3. The molecule has 3 unspecified atom stereocenters. The van der Waals surface area contributed by atoms with Crippen LogP contribution in [0.1, 0.15) is 61.1 Å². The number of hydrogen-bond acceptors (Lipinski definition) is 4. The number of ether oxygens (including phenoxy) is 2. The summed E-state index contributed by atoms with van der Waals surface area (Å²) >= 11 is 0. The normalized spacial score (nSPS) is 19.6. The van der Waals surface area contributed by atoms with Gasteiger partial charge in [-0.25, -0.2) is 4.79 Å². The van der Waals surface area contributed by atoms with Crippen molar-refractivity contribution in [2.24, 2.45) is 0 Å². The van der Waals surface area contributed by atoms with Gasteiger partial charge >= 0.3 is 6.03 Å². The van der Waals surface area contributed by atoms with E-state index in [0.29, 0.717) is 19.2 Å². The molecule has 0 bridgehead atoms. The van der Waals surface area contributed by atoms with Gasteiger partial charge in [-0.1, -0.05) is 66.4 Å². The third-order valence-corrected chi connectivity index (χ3v) is 7.63. The molecular formula is C34H39N3O3. The lowest BCUT2D eigenvalue weighted by atomic mass is 10.0. The van der Waals surface area contributed by atoms with E-state index in [0.717, 1.165) is 48.4 Å². The number of nitrogens with zero attached hydrogens (tertiary/aromatic N) is 2. The van der Waals surface area contributed by atoms with Gasteiger partial charge in [0.1, 0.15) is 6.23 Å². The van der Waals surface area contributed by atoms with Gasteiger partial charge in [0.25, 0.3) is 0 Å². The lowest BCUT2D eigenvalue weighted by Gasteiger charge is -2.28. The largest absolute Gasteiger partial charge is 0.380 e. The summed E-state index contributed by atoms with van der Waals surface area (Å²) in [5.41, 5.74) is 5.39. The van der Waals surface area contributed by atoms with Gasteiger partial charge in [0.15, 0.2) is 0 Å². The number of urea groups is 1. The Morgan fingerprint density at radius 2 is 1.60 bits per heavy atom. The number of carbonyl (C=O) groups is 1. The average molecular weight is 538 g/mol. The molecule has 3 aromatic carbocycles. The molecule has 2 amide bonds. The van der Waals surface area contributed by atoms with Gasteiger partial charge in [0.2, 0.25) is 0 Å². The summed E-state index contributed by atoms with van der Waals surface area (Å²) in [5.74, 6) is 6.56. The molecule has 40 heavy (non-hydrogen) atoms. The fourth-order valence-electron chi connectivity index (χ4n) is 5.26. The van der Waals surface area contributed by atoms with Crippen molar-refractivity contribution in [3.05, 3.63) is 107 Å². The first-order valence-corrected chi connectivity index (χ1v) is 14.2. The zero-order valence-electron chi connectivity index (χ0n) is 23.7. The molecule has 0 saturated carbocycles. The molecule has 2 aliphatic heterocycles. The fraction of sp³-hybridized carbons (Fsp3) is 0.382. The molecule has 208 valence electrons. The average Bonchev–Trinajstić information content (AvgIpc) is 3.63. The minimum Gasteiger partial charge on any atom is -0.380 e. The van der Waals surface area contributed by atoms with E-state index in [9.17, 15) is 4.79 Å². The van der Waals surface area contributed by atoms with Crippen LogP contribution >= 0.6 is 0 Å². The molecule has 6 heteroatoms. The van der Waals surface area contributed by atoms with Crippen molar-refractivity contribution >= 4 is 6.03 Å². The quantitative estimate of drug-likeness (QED) is 0.355. The first-order valence-electron chi connectivity index (χ1n) is 14.2. The summed E-state index contributed by atoms with van der Waals surface area (Å²) < 4.78 is 11.5. The zero-order chi connectivity index (χ0) is 27.9. The summed E-state index contributed by atoms with van der Waals surface area (Å²) in [4.78, 5) is 17.2. The monoisotopic (exact) mass is 537 g/mol. The van der Waals surface area contributed by atoms with Crippen LogP contribution in [0.25, 0.3) is 0 Å². The molecule has 0 spiro atoms. The smallest absolute Gasteiger partial charge is 0.322 e. The maximum Gasteiger partial charge on any atom is 0.322 e. The van der Waals surface area contributed by atoms with E-state index in [1.165, 1.54) is 5.56 Å². The van der Waals surface area contributed by atoms with Gasteiger partial charge in [-0.3, -0.25) is 4.90 Å². The molecule has 2 saturated heterocycles. The van der Waals surface area contributed by atoms with Crippen LogP contribution in [0.5, 0.6) is 0 Å². The summed E-state index contributed by atoms with van der Waals surface area (Å²) in [6.45, 7) is 9.64. The van der Waals surface area contributed by atoms with Crippen LogP contribution in [0.15, 0.2) is 78.9 Å². The molecule has 2 heterocycles. The highest BCUT2D eigenvalue weighted by molar-refractivity contribution is 5.78. The Bertz CT molecular complexity index is 1310. The van der Waals surface area contributed by atoms with E-state index >= 15 is 0 Å². The van der Waals surface area contributed by atoms with Crippen LogP contribution in [0.4, 0.5) is 4.79 Å². The van der Waals surface area contributed by atoms with E-state index in [1.807, 2.05) is 59.2 Å². The summed E-state index contributed by atoms with van der Waals surface area (Å²) in [6.07, 6.45) is 0.762. The van der Waals surface area contributed by atoms with Crippen LogP contribution in [0.2, 0.25) is 0 Å². The molecule has 3 aromatic rings. The van der Waals surface area contributed by atoms with Gasteiger partial charge in [0.05, 0.1) is 19.3 Å². The number of amides is 2. The first kappa shape index (κ1) is 27.9. The van der Waals surface area contributed by atoms with E-state index in [-0.39, 0.29) is 24.3 Å². The Kier molecular flexibility index (Phi) is 9.18. The third kappa shape index (κ3) is 6.92. The molecule has 2 fully saturated rings. The van der Waals surface area contributed by atoms with Crippen molar-refractivity contribution in [3.8, 4) is 11.8 Å². The highest BCUT2D eigenvalue weighted by Crippen LogP contribution is 2.33. The summed E-state index contributed by atoms with van der Waals surface area (Å²) in [7, 11) is 0. The Morgan fingerprint density at radius 1 is 0.925 bits per heavy atom. The topological polar surface area (TPSA) is 54.0 Å². The number of hydrogen-bond donors (Lipinski definition) is 1. The second kappa shape index (κ2) is 13.1. The summed E-state index contributed by atoms with van der Waals surface area (Å²) in [6, 6.07) is 27.3. The van der Waals surface area contributed by atoms with Crippen LogP contribution in [0.3, 0.4) is 0 Å². The maximum absolute atomic E-state index is 13.4. The highest BCUT2D eigenvalue weighted by Gasteiger charge is 2.41. The predicted octanol–water partition coefficient (Wildman–Crippen LogP) is 5.71. The van der Waals surface area contributed by atoms with Crippen LogP contribution < -0.4 is 5.32 Å². The number of rotatable bonds is 9. The van der Waals surface area contributed by atoms with Crippen molar-refractivity contribution < 1.29 is 14.3 Å². The van der Waals surface area contributed by atoms with E-state index < -0.39 is 0 Å². The van der Waals surface area contributed by atoms with Crippen LogP contribution in [0, 0.1) is 11.8 Å². The van der Waals surface area contributed by atoms with Crippen LogP contribution in [-0.4, -0.2) is 53.9 Å². The van der Waals surface area contributed by atoms with E-state index in [4.69, 9.17) is 9.47 Å². The Morgan fingerprint density at radius 3 is 2.23 bits per heavy atom. The molecule has 0 aromatic heterocycles. The van der Waals surface area contributed by atoms with Crippen molar-refractivity contribution in [3.63, 3.8) is 0 Å². The van der Waals surface area contributed by atoms with Gasteiger partial charge in [0, 0.05) is 42.9 Å². The minimum atomic E-state index is -0.317. The van der Waals surface area contributed by atoms with Crippen molar-refractivity contribution in [2.75, 3.05) is 19.8 Å². The Labute approximate surface area is 238 Å².